The number of ether oxygens (including phenoxy) is 1. The van der Waals surface area contributed by atoms with Crippen molar-refractivity contribution in [3.63, 3.8) is 0 Å². The van der Waals surface area contributed by atoms with E-state index in [1.807, 2.05) is 19.1 Å². The lowest BCUT2D eigenvalue weighted by Crippen LogP contribution is -2.36. The molecule has 4 nitrogen and oxygen atoms in total. The molecule has 114 valence electrons. The number of terminal acetylenes is 1. The van der Waals surface area contributed by atoms with Crippen LogP contribution < -0.4 is 15.4 Å². The van der Waals surface area contributed by atoms with E-state index in [1.165, 1.54) is 5.56 Å². The van der Waals surface area contributed by atoms with Gasteiger partial charge in [0.1, 0.15) is 5.75 Å². The van der Waals surface area contributed by atoms with Gasteiger partial charge < -0.3 is 15.4 Å². The molecule has 1 aromatic carbocycles. The van der Waals surface area contributed by atoms with E-state index in [2.05, 4.69) is 29.5 Å². The summed E-state index contributed by atoms with van der Waals surface area (Å²) >= 11 is 0. The third-order valence-electron chi connectivity index (χ3n) is 3.00. The summed E-state index contributed by atoms with van der Waals surface area (Å²) in [4.78, 5) is 11.8. The Labute approximate surface area is 127 Å². The number of benzene rings is 1. The van der Waals surface area contributed by atoms with E-state index in [4.69, 9.17) is 11.2 Å². The van der Waals surface area contributed by atoms with Crippen molar-refractivity contribution in [2.24, 2.45) is 0 Å². The van der Waals surface area contributed by atoms with Crippen LogP contribution >= 0.6 is 0 Å². The fourth-order valence-corrected chi connectivity index (χ4v) is 1.89. The molecule has 0 spiro atoms. The molecule has 0 aliphatic rings. The smallest absolute Gasteiger partial charge is 0.261 e. The standard InChI is InChI=1S/C17H24N2O2/c1-5-9-18-12-15-11-13(3)7-8-16(15)21-14(4)17(20)19-10-6-2/h2,7-8,11,14,18H,5,9-10,12H2,1,3-4H3,(H,19,20). The van der Waals surface area contributed by atoms with Gasteiger partial charge in [-0.25, -0.2) is 0 Å². The number of rotatable bonds is 8. The Morgan fingerprint density at radius 3 is 2.90 bits per heavy atom. The van der Waals surface area contributed by atoms with Crippen LogP contribution in [0.2, 0.25) is 0 Å². The van der Waals surface area contributed by atoms with Crippen LogP contribution in [0.1, 0.15) is 31.4 Å². The van der Waals surface area contributed by atoms with Gasteiger partial charge in [-0.15, -0.1) is 6.42 Å². The van der Waals surface area contributed by atoms with Gasteiger partial charge in [0.05, 0.1) is 6.54 Å². The van der Waals surface area contributed by atoms with Crippen molar-refractivity contribution in [2.45, 2.75) is 39.8 Å². The molecule has 1 unspecified atom stereocenters. The molecular weight excluding hydrogens is 264 g/mol. The average Bonchev–Trinajstić information content (AvgIpc) is 2.47. The highest BCUT2D eigenvalue weighted by atomic mass is 16.5. The van der Waals surface area contributed by atoms with Gasteiger partial charge in [0.2, 0.25) is 0 Å². The molecule has 0 aromatic heterocycles. The summed E-state index contributed by atoms with van der Waals surface area (Å²) in [6.45, 7) is 7.77. The summed E-state index contributed by atoms with van der Waals surface area (Å²) in [7, 11) is 0. The predicted molar refractivity (Wildman–Crippen MR) is 85.1 cm³/mol. The third-order valence-corrected chi connectivity index (χ3v) is 3.00. The molecule has 4 heteroatoms. The molecule has 1 aromatic rings. The molecule has 0 heterocycles. The molecular formula is C17H24N2O2. The fourth-order valence-electron chi connectivity index (χ4n) is 1.89. The Morgan fingerprint density at radius 1 is 1.48 bits per heavy atom. The van der Waals surface area contributed by atoms with Crippen LogP contribution in [0.25, 0.3) is 0 Å². The van der Waals surface area contributed by atoms with Crippen molar-refractivity contribution in [1.82, 2.24) is 10.6 Å². The van der Waals surface area contributed by atoms with E-state index in [-0.39, 0.29) is 12.5 Å². The summed E-state index contributed by atoms with van der Waals surface area (Å²) in [5, 5.41) is 5.97. The van der Waals surface area contributed by atoms with Crippen LogP contribution in [0.5, 0.6) is 5.75 Å². The highest BCUT2D eigenvalue weighted by Gasteiger charge is 2.15. The summed E-state index contributed by atoms with van der Waals surface area (Å²) in [5.41, 5.74) is 2.22. The van der Waals surface area contributed by atoms with Crippen molar-refractivity contribution in [3.8, 4) is 18.1 Å². The molecule has 1 rings (SSSR count). The Bertz CT molecular complexity index is 506. The van der Waals surface area contributed by atoms with Crippen LogP contribution in [0, 0.1) is 19.3 Å². The second kappa shape index (κ2) is 9.04. The number of amides is 1. The molecule has 0 aliphatic carbocycles. The topological polar surface area (TPSA) is 50.4 Å². The lowest BCUT2D eigenvalue weighted by molar-refractivity contribution is -0.127. The number of carbonyl (C=O) groups is 1. The molecule has 1 amide bonds. The summed E-state index contributed by atoms with van der Waals surface area (Å²) in [5.74, 6) is 2.89. The third kappa shape index (κ3) is 5.88. The van der Waals surface area contributed by atoms with Gasteiger partial charge in [0.25, 0.3) is 5.91 Å². The first-order valence-corrected chi connectivity index (χ1v) is 7.26. The minimum Gasteiger partial charge on any atom is -0.481 e. The maximum absolute atomic E-state index is 11.8. The minimum absolute atomic E-state index is 0.207. The fraction of sp³-hybridized carbons (Fsp3) is 0.471. The number of carbonyl (C=O) groups excluding carboxylic acids is 1. The SMILES string of the molecule is C#CCNC(=O)C(C)Oc1ccc(C)cc1CNCCC. The summed E-state index contributed by atoms with van der Waals surface area (Å²) in [6.07, 6.45) is 5.62. The van der Waals surface area contributed by atoms with E-state index in [0.717, 1.165) is 30.8 Å². The number of hydrogen-bond donors (Lipinski definition) is 2. The minimum atomic E-state index is -0.578. The second-order valence-corrected chi connectivity index (χ2v) is 4.97. The van der Waals surface area contributed by atoms with Crippen molar-refractivity contribution in [3.05, 3.63) is 29.3 Å². The predicted octanol–water partition coefficient (Wildman–Crippen LogP) is 2.01. The lowest BCUT2D eigenvalue weighted by Gasteiger charge is -2.17. The van der Waals surface area contributed by atoms with Gasteiger partial charge in [-0.1, -0.05) is 30.5 Å². The van der Waals surface area contributed by atoms with Crippen LogP contribution in [-0.2, 0) is 11.3 Å². The van der Waals surface area contributed by atoms with Crippen LogP contribution in [0.3, 0.4) is 0 Å². The number of aryl methyl sites for hydroxylation is 1. The Balaban J connectivity index is 2.72. The van der Waals surface area contributed by atoms with Crippen LogP contribution in [0.4, 0.5) is 0 Å². The average molecular weight is 288 g/mol. The molecule has 0 bridgehead atoms. The maximum Gasteiger partial charge on any atom is 0.261 e. The van der Waals surface area contributed by atoms with E-state index in [1.54, 1.807) is 6.92 Å². The quantitative estimate of drug-likeness (QED) is 0.568. The number of hydrogen-bond acceptors (Lipinski definition) is 3. The van der Waals surface area contributed by atoms with E-state index < -0.39 is 6.10 Å². The largest absolute Gasteiger partial charge is 0.481 e. The maximum atomic E-state index is 11.8. The zero-order valence-corrected chi connectivity index (χ0v) is 13.0. The Hall–Kier alpha value is -1.99. The van der Waals surface area contributed by atoms with Gasteiger partial charge in [-0.05, 0) is 32.9 Å². The van der Waals surface area contributed by atoms with Gasteiger partial charge in [0.15, 0.2) is 6.10 Å². The van der Waals surface area contributed by atoms with E-state index >= 15 is 0 Å². The van der Waals surface area contributed by atoms with Crippen molar-refractivity contribution in [1.29, 1.82) is 0 Å². The monoisotopic (exact) mass is 288 g/mol. The Kier molecular flexibility index (Phi) is 7.34. The van der Waals surface area contributed by atoms with Crippen LogP contribution in [0.15, 0.2) is 18.2 Å². The normalized spacial score (nSPS) is 11.5. The molecule has 0 saturated carbocycles. The number of nitrogens with one attached hydrogen (secondary N) is 2. The van der Waals surface area contributed by atoms with Gasteiger partial charge in [0, 0.05) is 12.1 Å². The van der Waals surface area contributed by atoms with Gasteiger partial charge in [-0.2, -0.15) is 0 Å². The molecule has 0 aliphatic heterocycles. The molecule has 21 heavy (non-hydrogen) atoms. The molecule has 2 N–H and O–H groups in total. The zero-order valence-electron chi connectivity index (χ0n) is 13.0. The van der Waals surface area contributed by atoms with Crippen LogP contribution in [-0.4, -0.2) is 25.1 Å². The molecule has 1 atom stereocenters. The molecule has 0 radical (unpaired) electrons. The van der Waals surface area contributed by atoms with E-state index in [9.17, 15) is 4.79 Å². The second-order valence-electron chi connectivity index (χ2n) is 4.97. The summed E-state index contributed by atoms with van der Waals surface area (Å²) in [6, 6.07) is 5.96. The first kappa shape index (κ1) is 17.1. The van der Waals surface area contributed by atoms with Crippen molar-refractivity contribution < 1.29 is 9.53 Å². The first-order chi connectivity index (χ1) is 10.1. The highest BCUT2D eigenvalue weighted by Crippen LogP contribution is 2.21. The summed E-state index contributed by atoms with van der Waals surface area (Å²) < 4.78 is 5.77. The Morgan fingerprint density at radius 2 is 2.24 bits per heavy atom. The zero-order chi connectivity index (χ0) is 15.7. The van der Waals surface area contributed by atoms with Gasteiger partial charge >= 0.3 is 0 Å². The lowest BCUT2D eigenvalue weighted by atomic mass is 10.1. The van der Waals surface area contributed by atoms with E-state index in [0.29, 0.717) is 0 Å². The molecule has 0 fully saturated rings. The van der Waals surface area contributed by atoms with Gasteiger partial charge in [-0.3, -0.25) is 4.79 Å². The van der Waals surface area contributed by atoms with Crippen molar-refractivity contribution in [2.75, 3.05) is 13.1 Å². The molecule has 0 saturated heterocycles. The first-order valence-electron chi connectivity index (χ1n) is 7.26. The highest BCUT2D eigenvalue weighted by molar-refractivity contribution is 5.80. The van der Waals surface area contributed by atoms with Crippen molar-refractivity contribution >= 4 is 5.91 Å².